The molecule has 1 saturated carbocycles. The van der Waals surface area contributed by atoms with Crippen molar-refractivity contribution in [2.75, 3.05) is 6.26 Å². The summed E-state index contributed by atoms with van der Waals surface area (Å²) in [6.07, 6.45) is 4.80. The third kappa shape index (κ3) is 3.84. The van der Waals surface area contributed by atoms with Gasteiger partial charge in [-0.15, -0.1) is 11.8 Å². The minimum atomic E-state index is -0.192. The van der Waals surface area contributed by atoms with E-state index in [0.29, 0.717) is 6.10 Å². The van der Waals surface area contributed by atoms with Crippen molar-refractivity contribution in [2.24, 2.45) is 0 Å². The molecule has 94 valence electrons. The molecule has 0 bridgehead atoms. The van der Waals surface area contributed by atoms with Crippen LogP contribution in [0.15, 0.2) is 23.1 Å². The molecule has 1 fully saturated rings. The molecule has 0 heterocycles. The fourth-order valence-electron chi connectivity index (χ4n) is 1.49. The lowest BCUT2D eigenvalue weighted by atomic mass is 10.2. The van der Waals surface area contributed by atoms with Gasteiger partial charge in [-0.1, -0.05) is 0 Å². The van der Waals surface area contributed by atoms with Crippen molar-refractivity contribution in [2.45, 2.75) is 50.2 Å². The van der Waals surface area contributed by atoms with E-state index in [1.54, 1.807) is 11.8 Å². The van der Waals surface area contributed by atoms with E-state index in [4.69, 9.17) is 9.47 Å². The van der Waals surface area contributed by atoms with Crippen LogP contribution in [0.5, 0.6) is 11.5 Å². The highest BCUT2D eigenvalue weighted by Gasteiger charge is 2.26. The largest absolute Gasteiger partial charge is 0.486 e. The zero-order chi connectivity index (χ0) is 12.5. The molecule has 2 nitrogen and oxygen atoms in total. The van der Waals surface area contributed by atoms with Gasteiger partial charge < -0.3 is 9.47 Å². The van der Waals surface area contributed by atoms with Crippen molar-refractivity contribution < 1.29 is 9.47 Å². The summed E-state index contributed by atoms with van der Waals surface area (Å²) in [5.74, 6) is 1.73. The van der Waals surface area contributed by atoms with Gasteiger partial charge in [0.05, 0.1) is 6.10 Å². The van der Waals surface area contributed by atoms with Crippen molar-refractivity contribution in [1.82, 2.24) is 0 Å². The second-order valence-electron chi connectivity index (χ2n) is 5.34. The summed E-state index contributed by atoms with van der Waals surface area (Å²) in [5.41, 5.74) is -0.192. The molecule has 0 spiro atoms. The Morgan fingerprint density at radius 3 is 2.41 bits per heavy atom. The molecule has 1 aliphatic rings. The van der Waals surface area contributed by atoms with Gasteiger partial charge in [0.15, 0.2) is 11.5 Å². The van der Waals surface area contributed by atoms with Crippen LogP contribution in [-0.2, 0) is 0 Å². The number of hydrogen-bond acceptors (Lipinski definition) is 3. The maximum absolute atomic E-state index is 5.93. The highest BCUT2D eigenvalue weighted by atomic mass is 32.2. The molecular formula is C14H20O2S. The van der Waals surface area contributed by atoms with Gasteiger partial charge in [-0.05, 0) is 58.1 Å². The monoisotopic (exact) mass is 252 g/mol. The van der Waals surface area contributed by atoms with Crippen LogP contribution in [0.25, 0.3) is 0 Å². The molecule has 0 atom stereocenters. The summed E-state index contributed by atoms with van der Waals surface area (Å²) in [4.78, 5) is 1.21. The molecule has 0 radical (unpaired) electrons. The first-order valence-corrected chi connectivity index (χ1v) is 7.24. The van der Waals surface area contributed by atoms with Crippen molar-refractivity contribution in [3.63, 3.8) is 0 Å². The molecule has 0 saturated heterocycles. The van der Waals surface area contributed by atoms with Crippen LogP contribution in [0.2, 0.25) is 0 Å². The molecule has 3 heteroatoms. The second kappa shape index (κ2) is 4.81. The Kier molecular flexibility index (Phi) is 3.57. The quantitative estimate of drug-likeness (QED) is 0.751. The first kappa shape index (κ1) is 12.6. The van der Waals surface area contributed by atoms with Crippen molar-refractivity contribution in [3.8, 4) is 11.5 Å². The Bertz CT molecular complexity index is 392. The first-order valence-electron chi connectivity index (χ1n) is 6.01. The second-order valence-corrected chi connectivity index (χ2v) is 6.22. The van der Waals surface area contributed by atoms with Gasteiger partial charge in [0.25, 0.3) is 0 Å². The molecule has 0 unspecified atom stereocenters. The lowest BCUT2D eigenvalue weighted by Crippen LogP contribution is -2.23. The van der Waals surface area contributed by atoms with Gasteiger partial charge in [-0.2, -0.15) is 0 Å². The SMILES string of the molecule is CSc1ccc(OC(C)(C)C)c(OC2CC2)c1. The lowest BCUT2D eigenvalue weighted by molar-refractivity contribution is 0.122. The summed E-state index contributed by atoms with van der Waals surface area (Å²) in [6.45, 7) is 6.16. The molecule has 0 amide bonds. The van der Waals surface area contributed by atoms with Gasteiger partial charge in [0.2, 0.25) is 0 Å². The van der Waals surface area contributed by atoms with E-state index in [-0.39, 0.29) is 5.60 Å². The third-order valence-electron chi connectivity index (χ3n) is 2.39. The maximum atomic E-state index is 5.93. The van der Waals surface area contributed by atoms with Gasteiger partial charge in [-0.3, -0.25) is 0 Å². The molecule has 0 N–H and O–H groups in total. The zero-order valence-electron chi connectivity index (χ0n) is 10.9. The van der Waals surface area contributed by atoms with Crippen LogP contribution < -0.4 is 9.47 Å². The Hall–Kier alpha value is -0.830. The van der Waals surface area contributed by atoms with Crippen LogP contribution in [0.3, 0.4) is 0 Å². The normalized spacial score (nSPS) is 15.8. The standard InChI is InChI=1S/C14H20O2S/c1-14(2,3)16-12-8-7-11(17-4)9-13(12)15-10-5-6-10/h7-10H,5-6H2,1-4H3. The molecule has 1 aromatic rings. The average molecular weight is 252 g/mol. The van der Waals surface area contributed by atoms with E-state index in [1.807, 2.05) is 6.07 Å². The van der Waals surface area contributed by atoms with Crippen molar-refractivity contribution >= 4 is 11.8 Å². The fraction of sp³-hybridized carbons (Fsp3) is 0.571. The highest BCUT2D eigenvalue weighted by molar-refractivity contribution is 7.98. The minimum Gasteiger partial charge on any atom is -0.486 e. The fourth-order valence-corrected chi connectivity index (χ4v) is 1.92. The van der Waals surface area contributed by atoms with Crippen LogP contribution in [-0.4, -0.2) is 18.0 Å². The molecular weight excluding hydrogens is 232 g/mol. The van der Waals surface area contributed by atoms with Crippen LogP contribution >= 0.6 is 11.8 Å². The lowest BCUT2D eigenvalue weighted by Gasteiger charge is -2.23. The molecule has 0 aromatic heterocycles. The topological polar surface area (TPSA) is 18.5 Å². The summed E-state index contributed by atoms with van der Waals surface area (Å²) >= 11 is 1.72. The van der Waals surface area contributed by atoms with Gasteiger partial charge in [0, 0.05) is 4.90 Å². The minimum absolute atomic E-state index is 0.192. The van der Waals surface area contributed by atoms with E-state index in [0.717, 1.165) is 11.5 Å². The Morgan fingerprint density at radius 2 is 1.88 bits per heavy atom. The van der Waals surface area contributed by atoms with Gasteiger partial charge in [0.1, 0.15) is 5.60 Å². The summed E-state index contributed by atoms with van der Waals surface area (Å²) in [5, 5.41) is 0. The Balaban J connectivity index is 2.22. The van der Waals surface area contributed by atoms with Crippen LogP contribution in [0.4, 0.5) is 0 Å². The Morgan fingerprint density at radius 1 is 1.18 bits per heavy atom. The molecule has 17 heavy (non-hydrogen) atoms. The van der Waals surface area contributed by atoms with E-state index in [2.05, 4.69) is 39.2 Å². The van der Waals surface area contributed by atoms with Crippen LogP contribution in [0, 0.1) is 0 Å². The number of thioether (sulfide) groups is 1. The molecule has 1 aliphatic carbocycles. The predicted octanol–water partition coefficient (Wildman–Crippen LogP) is 4.13. The number of hydrogen-bond donors (Lipinski definition) is 0. The Labute approximate surface area is 108 Å². The number of ether oxygens (including phenoxy) is 2. The van der Waals surface area contributed by atoms with E-state index in [9.17, 15) is 0 Å². The molecule has 1 aromatic carbocycles. The van der Waals surface area contributed by atoms with E-state index in [1.165, 1.54) is 17.7 Å². The first-order chi connectivity index (χ1) is 7.98. The van der Waals surface area contributed by atoms with E-state index >= 15 is 0 Å². The average Bonchev–Trinajstić information content (AvgIpc) is 3.02. The summed E-state index contributed by atoms with van der Waals surface area (Å²) in [7, 11) is 0. The third-order valence-corrected chi connectivity index (χ3v) is 3.11. The number of rotatable bonds is 4. The van der Waals surface area contributed by atoms with Gasteiger partial charge in [-0.25, -0.2) is 0 Å². The van der Waals surface area contributed by atoms with Crippen LogP contribution in [0.1, 0.15) is 33.6 Å². The van der Waals surface area contributed by atoms with Crippen molar-refractivity contribution in [3.05, 3.63) is 18.2 Å². The van der Waals surface area contributed by atoms with Gasteiger partial charge >= 0.3 is 0 Å². The summed E-state index contributed by atoms with van der Waals surface area (Å²) < 4.78 is 11.8. The zero-order valence-corrected chi connectivity index (χ0v) is 11.8. The van der Waals surface area contributed by atoms with E-state index < -0.39 is 0 Å². The van der Waals surface area contributed by atoms with Crippen molar-refractivity contribution in [1.29, 1.82) is 0 Å². The number of benzene rings is 1. The highest BCUT2D eigenvalue weighted by Crippen LogP contribution is 2.37. The summed E-state index contributed by atoms with van der Waals surface area (Å²) in [6, 6.07) is 6.16. The smallest absolute Gasteiger partial charge is 0.162 e. The maximum Gasteiger partial charge on any atom is 0.162 e. The predicted molar refractivity (Wildman–Crippen MR) is 72.3 cm³/mol. The molecule has 2 rings (SSSR count). The molecule has 0 aliphatic heterocycles.